The van der Waals surface area contributed by atoms with E-state index in [0.717, 1.165) is 25.7 Å². The van der Waals surface area contributed by atoms with E-state index in [1.165, 1.54) is 19.3 Å². The summed E-state index contributed by atoms with van der Waals surface area (Å²) in [5, 5.41) is 0. The lowest BCUT2D eigenvalue weighted by Crippen LogP contribution is -2.24. The highest BCUT2D eigenvalue weighted by molar-refractivity contribution is 4.77. The average molecular weight is 272 g/mol. The molecule has 116 valence electrons. The first-order chi connectivity index (χ1) is 8.21. The summed E-state index contributed by atoms with van der Waals surface area (Å²) in [6, 6.07) is 0. The van der Waals surface area contributed by atoms with Crippen LogP contribution in [-0.2, 0) is 9.47 Å². The van der Waals surface area contributed by atoms with Crippen molar-refractivity contribution in [2.75, 3.05) is 19.8 Å². The minimum atomic E-state index is 0. The summed E-state index contributed by atoms with van der Waals surface area (Å²) >= 11 is 0. The van der Waals surface area contributed by atoms with Gasteiger partial charge >= 0.3 is 0 Å². The first-order valence-electron chi connectivity index (χ1n) is 7.40. The van der Waals surface area contributed by atoms with Crippen molar-refractivity contribution in [3.63, 3.8) is 0 Å². The molecule has 2 heteroatoms. The predicted octanol–water partition coefficient (Wildman–Crippen LogP) is 4.92. The molecule has 0 amide bonds. The molecule has 2 rings (SSSR count). The fourth-order valence-electron chi connectivity index (χ4n) is 2.48. The minimum absolute atomic E-state index is 0. The highest BCUT2D eigenvalue weighted by Crippen LogP contribution is 2.32. The van der Waals surface area contributed by atoms with Gasteiger partial charge in [-0.1, -0.05) is 49.0 Å². The summed E-state index contributed by atoms with van der Waals surface area (Å²) in [6.07, 6.45) is 4.27. The Labute approximate surface area is 121 Å². The molecule has 0 N–H and O–H groups in total. The van der Waals surface area contributed by atoms with E-state index in [2.05, 4.69) is 41.5 Å². The Balaban J connectivity index is 0.000000324. The zero-order valence-corrected chi connectivity index (χ0v) is 13.2. The SMILES string of the molecule is C.CC(C)(C)C1CCCO1.CC(C)(C)C1CCOC1. The quantitative estimate of drug-likeness (QED) is 0.623. The number of hydrogen-bond acceptors (Lipinski definition) is 2. The number of hydrogen-bond donors (Lipinski definition) is 0. The van der Waals surface area contributed by atoms with Crippen LogP contribution in [0.2, 0.25) is 0 Å². The van der Waals surface area contributed by atoms with Gasteiger partial charge in [0.1, 0.15) is 0 Å². The van der Waals surface area contributed by atoms with Crippen molar-refractivity contribution in [3.05, 3.63) is 0 Å². The van der Waals surface area contributed by atoms with Gasteiger partial charge in [-0.25, -0.2) is 0 Å². The van der Waals surface area contributed by atoms with E-state index in [-0.39, 0.29) is 7.43 Å². The first-order valence-corrected chi connectivity index (χ1v) is 7.40. The zero-order chi connectivity index (χ0) is 13.8. The van der Waals surface area contributed by atoms with Crippen LogP contribution in [0.5, 0.6) is 0 Å². The van der Waals surface area contributed by atoms with E-state index in [1.807, 2.05) is 0 Å². The predicted molar refractivity (Wildman–Crippen MR) is 83.5 cm³/mol. The molecule has 0 saturated carbocycles. The van der Waals surface area contributed by atoms with Gasteiger partial charge in [0, 0.05) is 19.8 Å². The normalized spacial score (nSPS) is 27.5. The van der Waals surface area contributed by atoms with Gasteiger partial charge in [0.15, 0.2) is 0 Å². The average Bonchev–Trinajstić information content (AvgIpc) is 2.91. The number of rotatable bonds is 0. The molecule has 0 aliphatic carbocycles. The summed E-state index contributed by atoms with van der Waals surface area (Å²) in [5.74, 6) is 0.789. The van der Waals surface area contributed by atoms with Crippen LogP contribution in [0.3, 0.4) is 0 Å². The number of ether oxygens (including phenoxy) is 2. The molecule has 2 aliphatic rings. The van der Waals surface area contributed by atoms with Gasteiger partial charge in [-0.2, -0.15) is 0 Å². The molecule has 0 radical (unpaired) electrons. The molecule has 2 heterocycles. The summed E-state index contributed by atoms with van der Waals surface area (Å²) in [4.78, 5) is 0. The highest BCUT2D eigenvalue weighted by Gasteiger charge is 2.28. The molecule has 2 unspecified atom stereocenters. The summed E-state index contributed by atoms with van der Waals surface area (Å²) in [5.41, 5.74) is 0.813. The standard InChI is InChI=1S/2C8H16O.CH4/c1-8(2,3)7-4-5-9-6-7;1-8(2,3)7-5-4-6-9-7;/h2*7H,4-6H2,1-3H3;1H4. The Morgan fingerprint density at radius 1 is 0.842 bits per heavy atom. The second-order valence-corrected chi connectivity index (χ2v) is 7.79. The van der Waals surface area contributed by atoms with Crippen LogP contribution in [0.1, 0.15) is 68.2 Å². The summed E-state index contributed by atoms with van der Waals surface area (Å²) in [6.45, 7) is 16.5. The van der Waals surface area contributed by atoms with Crippen molar-refractivity contribution >= 4 is 0 Å². The molecule has 2 fully saturated rings. The Morgan fingerprint density at radius 3 is 1.68 bits per heavy atom. The molecule has 2 nitrogen and oxygen atoms in total. The maximum absolute atomic E-state index is 5.52. The van der Waals surface area contributed by atoms with Gasteiger partial charge in [-0.05, 0) is 36.0 Å². The van der Waals surface area contributed by atoms with Gasteiger partial charge in [0.05, 0.1) is 6.10 Å². The largest absolute Gasteiger partial charge is 0.381 e. The van der Waals surface area contributed by atoms with E-state index >= 15 is 0 Å². The molecule has 0 aromatic heterocycles. The first kappa shape index (κ1) is 18.9. The second-order valence-electron chi connectivity index (χ2n) is 7.79. The Bertz CT molecular complexity index is 197. The maximum atomic E-state index is 5.52. The Hall–Kier alpha value is -0.0800. The third-order valence-corrected chi connectivity index (χ3v) is 4.05. The summed E-state index contributed by atoms with van der Waals surface area (Å²) in [7, 11) is 0. The van der Waals surface area contributed by atoms with Crippen molar-refractivity contribution in [3.8, 4) is 0 Å². The van der Waals surface area contributed by atoms with Crippen LogP contribution in [-0.4, -0.2) is 25.9 Å². The molecule has 0 spiro atoms. The minimum Gasteiger partial charge on any atom is -0.381 e. The molecular formula is C17H36O2. The highest BCUT2D eigenvalue weighted by atomic mass is 16.5. The lowest BCUT2D eigenvalue weighted by molar-refractivity contribution is 0.0290. The van der Waals surface area contributed by atoms with Crippen LogP contribution in [0.4, 0.5) is 0 Å². The van der Waals surface area contributed by atoms with Crippen LogP contribution in [0.25, 0.3) is 0 Å². The molecule has 2 atom stereocenters. The van der Waals surface area contributed by atoms with E-state index in [9.17, 15) is 0 Å². The van der Waals surface area contributed by atoms with Crippen LogP contribution >= 0.6 is 0 Å². The van der Waals surface area contributed by atoms with Gasteiger partial charge in [-0.3, -0.25) is 0 Å². The van der Waals surface area contributed by atoms with Crippen molar-refractivity contribution < 1.29 is 9.47 Å². The molecule has 19 heavy (non-hydrogen) atoms. The topological polar surface area (TPSA) is 18.5 Å². The summed E-state index contributed by atoms with van der Waals surface area (Å²) < 4.78 is 10.8. The van der Waals surface area contributed by atoms with Crippen LogP contribution in [0.15, 0.2) is 0 Å². The molecule has 0 aromatic rings. The second kappa shape index (κ2) is 7.64. The van der Waals surface area contributed by atoms with E-state index in [1.54, 1.807) is 0 Å². The van der Waals surface area contributed by atoms with E-state index in [4.69, 9.17) is 9.47 Å². The fraction of sp³-hybridized carbons (Fsp3) is 1.00. The van der Waals surface area contributed by atoms with Gasteiger partial charge in [0.2, 0.25) is 0 Å². The van der Waals surface area contributed by atoms with Crippen molar-refractivity contribution in [2.45, 2.75) is 74.3 Å². The maximum Gasteiger partial charge on any atom is 0.0624 e. The van der Waals surface area contributed by atoms with Gasteiger partial charge < -0.3 is 9.47 Å². The molecule has 2 saturated heterocycles. The molecule has 0 aromatic carbocycles. The third kappa shape index (κ3) is 6.76. The smallest absolute Gasteiger partial charge is 0.0624 e. The monoisotopic (exact) mass is 272 g/mol. The Kier molecular flexibility index (Phi) is 7.60. The fourth-order valence-corrected chi connectivity index (χ4v) is 2.48. The van der Waals surface area contributed by atoms with Gasteiger partial charge in [0.25, 0.3) is 0 Å². The van der Waals surface area contributed by atoms with Crippen LogP contribution in [0, 0.1) is 16.7 Å². The molecule has 0 bridgehead atoms. The Morgan fingerprint density at radius 2 is 1.47 bits per heavy atom. The van der Waals surface area contributed by atoms with Crippen molar-refractivity contribution in [1.82, 2.24) is 0 Å². The lowest BCUT2D eigenvalue weighted by Gasteiger charge is -2.25. The molecule has 2 aliphatic heterocycles. The van der Waals surface area contributed by atoms with Crippen LogP contribution < -0.4 is 0 Å². The van der Waals surface area contributed by atoms with Crippen molar-refractivity contribution in [1.29, 1.82) is 0 Å². The molecular weight excluding hydrogens is 236 g/mol. The van der Waals surface area contributed by atoms with E-state index < -0.39 is 0 Å². The third-order valence-electron chi connectivity index (χ3n) is 4.05. The van der Waals surface area contributed by atoms with Gasteiger partial charge in [-0.15, -0.1) is 0 Å². The lowest BCUT2D eigenvalue weighted by atomic mass is 9.80. The van der Waals surface area contributed by atoms with E-state index in [0.29, 0.717) is 16.9 Å². The van der Waals surface area contributed by atoms with Crippen molar-refractivity contribution in [2.24, 2.45) is 16.7 Å². The zero-order valence-electron chi connectivity index (χ0n) is 13.2.